The first kappa shape index (κ1) is 15.2. The molecule has 0 unspecified atom stereocenters. The highest BCUT2D eigenvalue weighted by molar-refractivity contribution is 9.10. The van der Waals surface area contributed by atoms with Gasteiger partial charge in [0, 0.05) is 25.9 Å². The number of halogens is 1. The van der Waals surface area contributed by atoms with Gasteiger partial charge in [-0.05, 0) is 28.8 Å². The summed E-state index contributed by atoms with van der Waals surface area (Å²) in [6.45, 7) is 5.90. The number of nitrogens with two attached hydrogens (primary N) is 1. The number of methoxy groups -OCH3 is 1. The number of pyridine rings is 1. The molecule has 0 aromatic carbocycles. The van der Waals surface area contributed by atoms with E-state index in [4.69, 9.17) is 10.5 Å². The maximum atomic E-state index is 6.07. The lowest BCUT2D eigenvalue weighted by Gasteiger charge is -2.34. The van der Waals surface area contributed by atoms with Crippen LogP contribution in [0.5, 0.6) is 0 Å². The van der Waals surface area contributed by atoms with Crippen molar-refractivity contribution < 1.29 is 4.74 Å². The van der Waals surface area contributed by atoms with Crippen LogP contribution >= 0.6 is 15.9 Å². The SMILES string of the molecule is CCC(CC)N(CCOC)c1c(N)cncc1Br. The van der Waals surface area contributed by atoms with Crippen LogP contribution in [0, 0.1) is 0 Å². The molecule has 0 aliphatic carbocycles. The molecule has 1 aromatic heterocycles. The molecule has 0 atom stereocenters. The molecule has 0 amide bonds. The molecule has 1 heterocycles. The topological polar surface area (TPSA) is 51.4 Å². The van der Waals surface area contributed by atoms with Crippen molar-refractivity contribution in [1.82, 2.24) is 4.98 Å². The number of nitrogen functional groups attached to an aromatic ring is 1. The van der Waals surface area contributed by atoms with Crippen LogP contribution in [0.3, 0.4) is 0 Å². The van der Waals surface area contributed by atoms with Gasteiger partial charge in [-0.3, -0.25) is 4.98 Å². The second kappa shape index (κ2) is 7.59. The molecule has 0 saturated carbocycles. The summed E-state index contributed by atoms with van der Waals surface area (Å²) in [5.74, 6) is 0. The van der Waals surface area contributed by atoms with Gasteiger partial charge in [-0.15, -0.1) is 0 Å². The van der Waals surface area contributed by atoms with Crippen molar-refractivity contribution in [3.05, 3.63) is 16.9 Å². The van der Waals surface area contributed by atoms with Crippen LogP contribution in [-0.4, -0.2) is 31.3 Å². The second-order valence-corrected chi connectivity index (χ2v) is 5.07. The molecule has 0 bridgehead atoms. The fourth-order valence-electron chi connectivity index (χ4n) is 2.14. The molecule has 0 saturated heterocycles. The van der Waals surface area contributed by atoms with Gasteiger partial charge in [-0.1, -0.05) is 13.8 Å². The van der Waals surface area contributed by atoms with Crippen LogP contribution < -0.4 is 10.6 Å². The number of rotatable bonds is 7. The Morgan fingerprint density at radius 3 is 2.56 bits per heavy atom. The highest BCUT2D eigenvalue weighted by Crippen LogP contribution is 2.33. The van der Waals surface area contributed by atoms with Crippen molar-refractivity contribution in [1.29, 1.82) is 0 Å². The van der Waals surface area contributed by atoms with Crippen LogP contribution in [0.4, 0.5) is 11.4 Å². The van der Waals surface area contributed by atoms with Gasteiger partial charge in [0.25, 0.3) is 0 Å². The van der Waals surface area contributed by atoms with Crippen LogP contribution in [0.1, 0.15) is 26.7 Å². The number of nitrogens with zero attached hydrogens (tertiary/aromatic N) is 2. The van der Waals surface area contributed by atoms with Gasteiger partial charge in [-0.2, -0.15) is 0 Å². The summed E-state index contributed by atoms with van der Waals surface area (Å²) in [5, 5.41) is 0. The minimum absolute atomic E-state index is 0.459. The zero-order valence-electron chi connectivity index (χ0n) is 11.3. The van der Waals surface area contributed by atoms with Gasteiger partial charge >= 0.3 is 0 Å². The standard InChI is InChI=1S/C13H22BrN3O/c1-4-10(5-2)17(6-7-18-3)13-11(14)8-16-9-12(13)15/h8-10H,4-7,15H2,1-3H3. The summed E-state index contributed by atoms with van der Waals surface area (Å²) in [5.41, 5.74) is 7.79. The first-order valence-electron chi connectivity index (χ1n) is 6.30. The lowest BCUT2D eigenvalue weighted by atomic mass is 10.1. The Labute approximate surface area is 118 Å². The monoisotopic (exact) mass is 315 g/mol. The van der Waals surface area contributed by atoms with Crippen molar-refractivity contribution in [2.75, 3.05) is 30.9 Å². The molecule has 102 valence electrons. The molecular weight excluding hydrogens is 294 g/mol. The van der Waals surface area contributed by atoms with E-state index in [0.717, 1.165) is 29.5 Å². The summed E-state index contributed by atoms with van der Waals surface area (Å²) < 4.78 is 6.13. The predicted octanol–water partition coefficient (Wildman–Crippen LogP) is 3.07. The summed E-state index contributed by atoms with van der Waals surface area (Å²) in [4.78, 5) is 6.40. The summed E-state index contributed by atoms with van der Waals surface area (Å²) >= 11 is 3.54. The Bertz CT molecular complexity index is 349. The number of ether oxygens (including phenoxy) is 1. The maximum Gasteiger partial charge on any atom is 0.0779 e. The van der Waals surface area contributed by atoms with Gasteiger partial charge in [-0.25, -0.2) is 0 Å². The highest BCUT2D eigenvalue weighted by Gasteiger charge is 2.20. The quantitative estimate of drug-likeness (QED) is 0.840. The Morgan fingerprint density at radius 1 is 1.39 bits per heavy atom. The van der Waals surface area contributed by atoms with E-state index in [1.807, 2.05) is 0 Å². The van der Waals surface area contributed by atoms with Crippen molar-refractivity contribution in [2.45, 2.75) is 32.7 Å². The molecule has 0 fully saturated rings. The Morgan fingerprint density at radius 2 is 2.06 bits per heavy atom. The third-order valence-corrected chi connectivity index (χ3v) is 3.69. The first-order valence-corrected chi connectivity index (χ1v) is 7.09. The maximum absolute atomic E-state index is 6.07. The van der Waals surface area contributed by atoms with Crippen molar-refractivity contribution in [3.63, 3.8) is 0 Å². The van der Waals surface area contributed by atoms with E-state index in [1.54, 1.807) is 19.5 Å². The normalized spacial score (nSPS) is 10.9. The minimum atomic E-state index is 0.459. The van der Waals surface area contributed by atoms with Crippen LogP contribution in [0.2, 0.25) is 0 Å². The molecular formula is C13H22BrN3O. The van der Waals surface area contributed by atoms with E-state index in [-0.39, 0.29) is 0 Å². The fourth-order valence-corrected chi connectivity index (χ4v) is 2.72. The molecule has 1 aromatic rings. The Hall–Kier alpha value is -0.810. The lowest BCUT2D eigenvalue weighted by molar-refractivity contribution is 0.202. The van der Waals surface area contributed by atoms with E-state index in [2.05, 4.69) is 39.7 Å². The molecule has 4 nitrogen and oxygen atoms in total. The molecule has 18 heavy (non-hydrogen) atoms. The second-order valence-electron chi connectivity index (χ2n) is 4.22. The smallest absolute Gasteiger partial charge is 0.0779 e. The fraction of sp³-hybridized carbons (Fsp3) is 0.615. The third-order valence-electron chi connectivity index (χ3n) is 3.11. The summed E-state index contributed by atoms with van der Waals surface area (Å²) in [6.07, 6.45) is 5.64. The first-order chi connectivity index (χ1) is 8.65. The third kappa shape index (κ3) is 3.59. The molecule has 2 N–H and O–H groups in total. The van der Waals surface area contributed by atoms with Gasteiger partial charge < -0.3 is 15.4 Å². The average Bonchev–Trinajstić information content (AvgIpc) is 2.36. The Balaban J connectivity index is 3.08. The van der Waals surface area contributed by atoms with Gasteiger partial charge in [0.2, 0.25) is 0 Å². The molecule has 0 aliphatic rings. The van der Waals surface area contributed by atoms with E-state index >= 15 is 0 Å². The summed E-state index contributed by atoms with van der Waals surface area (Å²) in [7, 11) is 1.72. The number of anilines is 2. The number of aromatic nitrogens is 1. The van der Waals surface area contributed by atoms with Gasteiger partial charge in [0.05, 0.1) is 28.7 Å². The van der Waals surface area contributed by atoms with Crippen molar-refractivity contribution in [3.8, 4) is 0 Å². The minimum Gasteiger partial charge on any atom is -0.396 e. The van der Waals surface area contributed by atoms with E-state index < -0.39 is 0 Å². The van der Waals surface area contributed by atoms with E-state index in [0.29, 0.717) is 18.3 Å². The largest absolute Gasteiger partial charge is 0.396 e. The highest BCUT2D eigenvalue weighted by atomic mass is 79.9. The average molecular weight is 316 g/mol. The van der Waals surface area contributed by atoms with Gasteiger partial charge in [0.15, 0.2) is 0 Å². The van der Waals surface area contributed by atoms with Crippen LogP contribution in [-0.2, 0) is 4.74 Å². The Kier molecular flexibility index (Phi) is 6.43. The predicted molar refractivity (Wildman–Crippen MR) is 79.9 cm³/mol. The van der Waals surface area contributed by atoms with Crippen LogP contribution in [0.25, 0.3) is 0 Å². The van der Waals surface area contributed by atoms with Crippen LogP contribution in [0.15, 0.2) is 16.9 Å². The zero-order chi connectivity index (χ0) is 13.5. The number of hydrogen-bond acceptors (Lipinski definition) is 4. The van der Waals surface area contributed by atoms with Crippen molar-refractivity contribution in [2.24, 2.45) is 0 Å². The zero-order valence-corrected chi connectivity index (χ0v) is 12.9. The van der Waals surface area contributed by atoms with Gasteiger partial charge in [0.1, 0.15) is 0 Å². The molecule has 0 radical (unpaired) electrons. The van der Waals surface area contributed by atoms with E-state index in [9.17, 15) is 0 Å². The molecule has 0 aliphatic heterocycles. The lowest BCUT2D eigenvalue weighted by Crippen LogP contribution is -2.37. The summed E-state index contributed by atoms with van der Waals surface area (Å²) in [6, 6.07) is 0.459. The van der Waals surface area contributed by atoms with E-state index in [1.165, 1.54) is 0 Å². The molecule has 5 heteroatoms. The molecule has 1 rings (SSSR count). The molecule has 0 spiro atoms. The number of hydrogen-bond donors (Lipinski definition) is 1. The van der Waals surface area contributed by atoms with Crippen molar-refractivity contribution >= 4 is 27.3 Å².